The zero-order valence-corrected chi connectivity index (χ0v) is 6.13. The normalized spacial score (nSPS) is 11.4. The van der Waals surface area contributed by atoms with Gasteiger partial charge in [0.05, 0.1) is 6.20 Å². The molecule has 0 aliphatic heterocycles. The van der Waals surface area contributed by atoms with Gasteiger partial charge in [0, 0.05) is 0 Å². The molecule has 0 aliphatic rings. The van der Waals surface area contributed by atoms with Crippen LogP contribution in [0.1, 0.15) is 10.6 Å². The number of nitrogens with two attached hydrogens (primary N) is 1. The third-order valence-corrected chi connectivity index (χ3v) is 1.81. The first-order valence-corrected chi connectivity index (χ1v) is 4.11. The lowest BCUT2D eigenvalue weighted by Crippen LogP contribution is -2.12. The van der Waals surface area contributed by atoms with Gasteiger partial charge in [-0.15, -0.1) is 0 Å². The summed E-state index contributed by atoms with van der Waals surface area (Å²) < 4.78 is 21.1. The summed E-state index contributed by atoms with van der Waals surface area (Å²) in [5.74, 6) is -0.0611. The number of carbonyl (C=O) groups is 1. The highest BCUT2D eigenvalue weighted by atomic mass is 32.2. The van der Waals surface area contributed by atoms with Crippen LogP contribution in [0.3, 0.4) is 0 Å². The first-order chi connectivity index (χ1) is 5.04. The average molecular weight is 175 g/mol. The number of carbonyl (C=O) groups excluding carboxylic acids is 1. The fourth-order valence-corrected chi connectivity index (χ4v) is 0.970. The molecule has 0 saturated heterocycles. The summed E-state index contributed by atoms with van der Waals surface area (Å²) >= 11 is 0. The number of hydrogen-bond acceptors (Lipinski definition) is 4. The zero-order valence-electron chi connectivity index (χ0n) is 5.31. The van der Waals surface area contributed by atoms with Crippen LogP contribution in [0.5, 0.6) is 0 Å². The fourth-order valence-electron chi connectivity index (χ4n) is 0.523. The molecular formula is C4H5N3O3S. The van der Waals surface area contributed by atoms with Crippen LogP contribution < -0.4 is 5.14 Å². The smallest absolute Gasteiger partial charge is 0.255 e. The Morgan fingerprint density at radius 3 is 2.55 bits per heavy atom. The topological polar surface area (TPSA) is 106 Å². The number of aldehydes is 1. The van der Waals surface area contributed by atoms with E-state index in [-0.39, 0.29) is 10.9 Å². The van der Waals surface area contributed by atoms with Crippen molar-refractivity contribution in [3.63, 3.8) is 0 Å². The average Bonchev–Trinajstić information content (AvgIpc) is 2.32. The highest BCUT2D eigenvalue weighted by molar-refractivity contribution is 7.89. The second-order valence-electron chi connectivity index (χ2n) is 1.80. The van der Waals surface area contributed by atoms with Crippen LogP contribution in [0.15, 0.2) is 11.2 Å². The van der Waals surface area contributed by atoms with Crippen LogP contribution in [-0.4, -0.2) is 24.7 Å². The van der Waals surface area contributed by atoms with Crippen molar-refractivity contribution in [1.29, 1.82) is 0 Å². The number of nitrogens with one attached hydrogen (secondary N) is 1. The third kappa shape index (κ3) is 1.63. The summed E-state index contributed by atoms with van der Waals surface area (Å²) in [4.78, 5) is 15.6. The first-order valence-electron chi connectivity index (χ1n) is 2.57. The second kappa shape index (κ2) is 2.44. The maximum atomic E-state index is 10.6. The molecule has 11 heavy (non-hydrogen) atoms. The quantitative estimate of drug-likeness (QED) is 0.554. The monoisotopic (exact) mass is 175 g/mol. The summed E-state index contributed by atoms with van der Waals surface area (Å²) in [6.45, 7) is 0. The van der Waals surface area contributed by atoms with Crippen molar-refractivity contribution in [2.75, 3.05) is 0 Å². The summed E-state index contributed by atoms with van der Waals surface area (Å²) in [7, 11) is -3.77. The Morgan fingerprint density at radius 2 is 2.27 bits per heavy atom. The van der Waals surface area contributed by atoms with Crippen molar-refractivity contribution in [3.8, 4) is 0 Å². The molecule has 0 aromatic carbocycles. The molecular weight excluding hydrogens is 170 g/mol. The molecule has 0 spiro atoms. The van der Waals surface area contributed by atoms with Gasteiger partial charge in [-0.2, -0.15) is 0 Å². The van der Waals surface area contributed by atoms with E-state index in [9.17, 15) is 13.2 Å². The van der Waals surface area contributed by atoms with Crippen LogP contribution in [0.2, 0.25) is 0 Å². The number of primary sulfonamides is 1. The van der Waals surface area contributed by atoms with Gasteiger partial charge in [0.15, 0.2) is 17.1 Å². The van der Waals surface area contributed by atoms with Gasteiger partial charge >= 0.3 is 0 Å². The largest absolute Gasteiger partial charge is 0.326 e. The Labute approximate surface area is 62.5 Å². The maximum absolute atomic E-state index is 10.6. The molecule has 3 N–H and O–H groups in total. The molecule has 0 atom stereocenters. The van der Waals surface area contributed by atoms with Crippen molar-refractivity contribution < 1.29 is 13.2 Å². The maximum Gasteiger partial charge on any atom is 0.255 e. The number of aromatic nitrogens is 2. The molecule has 0 aliphatic carbocycles. The van der Waals surface area contributed by atoms with Crippen molar-refractivity contribution in [1.82, 2.24) is 9.97 Å². The molecule has 0 bridgehead atoms. The highest BCUT2D eigenvalue weighted by Gasteiger charge is 2.10. The van der Waals surface area contributed by atoms with Gasteiger partial charge in [-0.1, -0.05) is 0 Å². The van der Waals surface area contributed by atoms with Crippen LogP contribution >= 0.6 is 0 Å². The van der Waals surface area contributed by atoms with Gasteiger partial charge in [0.1, 0.15) is 0 Å². The van der Waals surface area contributed by atoms with Crippen LogP contribution in [0, 0.1) is 0 Å². The Hall–Kier alpha value is -1.21. The summed E-state index contributed by atoms with van der Waals surface area (Å²) in [5.41, 5.74) is 0. The summed E-state index contributed by atoms with van der Waals surface area (Å²) in [5, 5.41) is 4.45. The zero-order chi connectivity index (χ0) is 8.48. The Kier molecular flexibility index (Phi) is 1.75. The Bertz CT molecular complexity index is 366. The molecule has 6 nitrogen and oxygen atoms in total. The fraction of sp³-hybridized carbons (Fsp3) is 0. The van der Waals surface area contributed by atoms with Gasteiger partial charge in [-0.25, -0.2) is 18.5 Å². The van der Waals surface area contributed by atoms with E-state index in [0.29, 0.717) is 6.29 Å². The van der Waals surface area contributed by atoms with E-state index in [2.05, 4.69) is 9.97 Å². The van der Waals surface area contributed by atoms with Crippen LogP contribution in [0.4, 0.5) is 0 Å². The summed E-state index contributed by atoms with van der Waals surface area (Å²) in [6, 6.07) is 0. The first kappa shape index (κ1) is 7.89. The second-order valence-corrected chi connectivity index (χ2v) is 3.33. The Balaban J connectivity index is 3.18. The SMILES string of the molecule is NS(=O)(=O)c1cnc(C=O)[nH]1. The van der Waals surface area contributed by atoms with E-state index < -0.39 is 10.0 Å². The van der Waals surface area contributed by atoms with Crippen molar-refractivity contribution >= 4 is 16.3 Å². The number of aromatic amines is 1. The molecule has 0 fully saturated rings. The molecule has 1 aromatic heterocycles. The molecule has 7 heteroatoms. The van der Waals surface area contributed by atoms with Crippen LogP contribution in [-0.2, 0) is 10.0 Å². The predicted octanol–water partition coefficient (Wildman–Crippen LogP) is -1.13. The Morgan fingerprint density at radius 1 is 1.64 bits per heavy atom. The summed E-state index contributed by atoms with van der Waals surface area (Å²) in [6.07, 6.45) is 1.38. The molecule has 1 rings (SSSR count). The van der Waals surface area contributed by atoms with Crippen molar-refractivity contribution in [2.45, 2.75) is 5.03 Å². The van der Waals surface area contributed by atoms with E-state index in [0.717, 1.165) is 6.20 Å². The minimum absolute atomic E-state index is 0.0611. The van der Waals surface area contributed by atoms with E-state index in [1.165, 1.54) is 0 Å². The number of rotatable bonds is 2. The van der Waals surface area contributed by atoms with Gasteiger partial charge < -0.3 is 4.98 Å². The number of hydrogen-bond donors (Lipinski definition) is 2. The molecule has 0 radical (unpaired) electrons. The van der Waals surface area contributed by atoms with Gasteiger partial charge in [0.25, 0.3) is 10.0 Å². The third-order valence-electron chi connectivity index (χ3n) is 0.990. The number of imidazole rings is 1. The van der Waals surface area contributed by atoms with Gasteiger partial charge in [-0.05, 0) is 0 Å². The molecule has 0 amide bonds. The van der Waals surface area contributed by atoms with Crippen LogP contribution in [0.25, 0.3) is 0 Å². The number of sulfonamides is 1. The molecule has 1 aromatic rings. The predicted molar refractivity (Wildman–Crippen MR) is 35.3 cm³/mol. The minimum atomic E-state index is -3.77. The van der Waals surface area contributed by atoms with Gasteiger partial charge in [-0.3, -0.25) is 4.79 Å². The lowest BCUT2D eigenvalue weighted by molar-refractivity contribution is 0.111. The number of nitrogens with zero attached hydrogens (tertiary/aromatic N) is 1. The molecule has 60 valence electrons. The van der Waals surface area contributed by atoms with E-state index >= 15 is 0 Å². The van der Waals surface area contributed by atoms with E-state index in [4.69, 9.17) is 5.14 Å². The van der Waals surface area contributed by atoms with Crippen molar-refractivity contribution in [2.24, 2.45) is 5.14 Å². The van der Waals surface area contributed by atoms with E-state index in [1.807, 2.05) is 0 Å². The minimum Gasteiger partial charge on any atom is -0.326 e. The highest BCUT2D eigenvalue weighted by Crippen LogP contribution is 2.00. The molecule has 0 unspecified atom stereocenters. The molecule has 1 heterocycles. The lowest BCUT2D eigenvalue weighted by Gasteiger charge is -1.87. The molecule has 0 saturated carbocycles. The standard InChI is InChI=1S/C4H5N3O3S/c5-11(9,10)4-1-6-3(2-8)7-4/h1-2H,(H,6,7)(H2,5,9,10). The van der Waals surface area contributed by atoms with E-state index in [1.54, 1.807) is 0 Å². The van der Waals surface area contributed by atoms with Gasteiger partial charge in [0.2, 0.25) is 0 Å². The lowest BCUT2D eigenvalue weighted by atomic mass is 10.7. The number of H-pyrrole nitrogens is 1. The van der Waals surface area contributed by atoms with Crippen molar-refractivity contribution in [3.05, 3.63) is 12.0 Å².